The van der Waals surface area contributed by atoms with Crippen molar-refractivity contribution in [2.75, 3.05) is 13.1 Å². The monoisotopic (exact) mass is 336 g/mol. The number of aromatic nitrogens is 3. The third kappa shape index (κ3) is 2.73. The smallest absolute Gasteiger partial charge is 0.254 e. The van der Waals surface area contributed by atoms with E-state index in [4.69, 9.17) is 0 Å². The number of likely N-dealkylation sites (tertiary alicyclic amines) is 1. The number of benzene rings is 1. The van der Waals surface area contributed by atoms with Gasteiger partial charge in [0, 0.05) is 44.0 Å². The van der Waals surface area contributed by atoms with Crippen molar-refractivity contribution in [2.24, 2.45) is 7.05 Å². The quantitative estimate of drug-likeness (QED) is 0.721. The minimum atomic E-state index is -0.162. The predicted molar refractivity (Wildman–Crippen MR) is 95.6 cm³/mol. The van der Waals surface area contributed by atoms with Crippen molar-refractivity contribution in [3.05, 3.63) is 65.0 Å². The molecule has 0 bridgehead atoms. The van der Waals surface area contributed by atoms with E-state index >= 15 is 0 Å². The van der Waals surface area contributed by atoms with E-state index in [1.807, 2.05) is 35.4 Å². The van der Waals surface area contributed by atoms with Gasteiger partial charge in [-0.25, -0.2) is 4.98 Å². The Morgan fingerprint density at radius 2 is 2.12 bits per heavy atom. The fraction of sp³-hybridized carbons (Fsp3) is 0.316. The standard InChI is InChI=1S/C19H20N4O2/c1-21-17-7-3-2-6-15(17)16(11-18(21)24)19(25)22-9-4-5-14(12-22)23-10-8-20-13-23/h2-3,6-8,10-11,13-14H,4-5,9,12H2,1H3/t14-/m1/s1. The number of nitrogens with zero attached hydrogens (tertiary/aromatic N) is 4. The van der Waals surface area contributed by atoms with Gasteiger partial charge in [-0.3, -0.25) is 9.59 Å². The summed E-state index contributed by atoms with van der Waals surface area (Å²) >= 11 is 0. The lowest BCUT2D eigenvalue weighted by molar-refractivity contribution is 0.0681. The van der Waals surface area contributed by atoms with Gasteiger partial charge in [-0.1, -0.05) is 18.2 Å². The molecule has 3 heterocycles. The summed E-state index contributed by atoms with van der Waals surface area (Å²) in [6.45, 7) is 1.35. The molecule has 1 amide bonds. The molecule has 4 rings (SSSR count). The fourth-order valence-corrected chi connectivity index (χ4v) is 3.63. The maximum atomic E-state index is 13.1. The van der Waals surface area contributed by atoms with Gasteiger partial charge in [-0.15, -0.1) is 0 Å². The van der Waals surface area contributed by atoms with Crippen LogP contribution in [0.2, 0.25) is 0 Å². The second-order valence-corrected chi connectivity index (χ2v) is 6.53. The summed E-state index contributed by atoms with van der Waals surface area (Å²) in [5.74, 6) is -0.0706. The molecule has 1 aromatic carbocycles. The maximum absolute atomic E-state index is 13.1. The van der Waals surface area contributed by atoms with Crippen LogP contribution in [-0.4, -0.2) is 38.0 Å². The van der Waals surface area contributed by atoms with E-state index < -0.39 is 0 Å². The van der Waals surface area contributed by atoms with E-state index in [0.29, 0.717) is 18.7 Å². The molecular weight excluding hydrogens is 316 g/mol. The Hall–Kier alpha value is -2.89. The van der Waals surface area contributed by atoms with Gasteiger partial charge in [0.15, 0.2) is 0 Å². The SMILES string of the molecule is Cn1c(=O)cc(C(=O)N2CCC[C@@H](n3ccnc3)C2)c2ccccc21. The van der Waals surface area contributed by atoms with E-state index in [-0.39, 0.29) is 17.5 Å². The number of para-hydroxylation sites is 1. The first kappa shape index (κ1) is 15.6. The summed E-state index contributed by atoms with van der Waals surface area (Å²) in [6, 6.07) is 9.25. The molecule has 0 radical (unpaired) electrons. The zero-order valence-electron chi connectivity index (χ0n) is 14.1. The number of piperidine rings is 1. The summed E-state index contributed by atoms with van der Waals surface area (Å²) in [7, 11) is 1.73. The van der Waals surface area contributed by atoms with Gasteiger partial charge in [-0.05, 0) is 18.9 Å². The molecule has 1 atom stereocenters. The second-order valence-electron chi connectivity index (χ2n) is 6.53. The molecule has 0 unspecified atom stereocenters. The number of rotatable bonds is 2. The second kappa shape index (κ2) is 6.20. The molecule has 25 heavy (non-hydrogen) atoms. The van der Waals surface area contributed by atoms with Crippen molar-refractivity contribution in [1.82, 2.24) is 19.0 Å². The highest BCUT2D eigenvalue weighted by atomic mass is 16.2. The Kier molecular flexibility index (Phi) is 3.87. The van der Waals surface area contributed by atoms with Crippen LogP contribution in [-0.2, 0) is 7.05 Å². The number of aryl methyl sites for hydroxylation is 1. The molecule has 0 spiro atoms. The summed E-state index contributed by atoms with van der Waals surface area (Å²) in [4.78, 5) is 31.4. The predicted octanol–water partition coefficient (Wildman–Crippen LogP) is 2.21. The molecule has 1 aliphatic heterocycles. The topological polar surface area (TPSA) is 60.1 Å². The van der Waals surface area contributed by atoms with Crippen LogP contribution in [0.4, 0.5) is 0 Å². The minimum absolute atomic E-state index is 0.0706. The van der Waals surface area contributed by atoms with Crippen molar-refractivity contribution in [3.63, 3.8) is 0 Å². The Morgan fingerprint density at radius 1 is 1.28 bits per heavy atom. The van der Waals surface area contributed by atoms with Gasteiger partial charge >= 0.3 is 0 Å². The molecule has 3 aromatic rings. The lowest BCUT2D eigenvalue weighted by atomic mass is 10.0. The molecule has 1 aliphatic rings. The molecule has 0 aliphatic carbocycles. The first-order valence-electron chi connectivity index (χ1n) is 8.50. The highest BCUT2D eigenvalue weighted by Crippen LogP contribution is 2.24. The van der Waals surface area contributed by atoms with Crippen LogP contribution in [0.5, 0.6) is 0 Å². The average Bonchev–Trinajstić information content (AvgIpc) is 3.19. The van der Waals surface area contributed by atoms with E-state index in [2.05, 4.69) is 9.55 Å². The van der Waals surface area contributed by atoms with Crippen molar-refractivity contribution in [2.45, 2.75) is 18.9 Å². The van der Waals surface area contributed by atoms with Crippen molar-refractivity contribution in [3.8, 4) is 0 Å². The molecule has 1 fully saturated rings. The highest BCUT2D eigenvalue weighted by molar-refractivity contribution is 6.06. The van der Waals surface area contributed by atoms with Crippen LogP contribution < -0.4 is 5.56 Å². The molecular formula is C19H20N4O2. The van der Waals surface area contributed by atoms with Gasteiger partial charge in [0.05, 0.1) is 23.4 Å². The lowest BCUT2D eigenvalue weighted by Crippen LogP contribution is -2.41. The zero-order chi connectivity index (χ0) is 17.4. The summed E-state index contributed by atoms with van der Waals surface area (Å²) in [6.07, 6.45) is 7.46. The van der Waals surface area contributed by atoms with Crippen LogP contribution in [0.15, 0.2) is 53.8 Å². The van der Waals surface area contributed by atoms with E-state index in [1.54, 1.807) is 24.1 Å². The number of hydrogen-bond acceptors (Lipinski definition) is 3. The van der Waals surface area contributed by atoms with E-state index in [0.717, 1.165) is 23.7 Å². The van der Waals surface area contributed by atoms with Crippen LogP contribution in [0.3, 0.4) is 0 Å². The number of carbonyl (C=O) groups excluding carboxylic acids is 1. The average molecular weight is 336 g/mol. The van der Waals surface area contributed by atoms with Crippen LogP contribution in [0.25, 0.3) is 10.9 Å². The number of carbonyl (C=O) groups is 1. The highest BCUT2D eigenvalue weighted by Gasteiger charge is 2.26. The van der Waals surface area contributed by atoms with Crippen LogP contribution >= 0.6 is 0 Å². The first-order chi connectivity index (χ1) is 12.1. The zero-order valence-corrected chi connectivity index (χ0v) is 14.1. The van der Waals surface area contributed by atoms with Gasteiger partial charge in [0.1, 0.15) is 0 Å². The first-order valence-corrected chi connectivity index (χ1v) is 8.50. The molecule has 1 saturated heterocycles. The molecule has 128 valence electrons. The maximum Gasteiger partial charge on any atom is 0.254 e. The third-order valence-electron chi connectivity index (χ3n) is 5.01. The van der Waals surface area contributed by atoms with Crippen molar-refractivity contribution >= 4 is 16.8 Å². The molecule has 6 nitrogen and oxygen atoms in total. The molecule has 0 saturated carbocycles. The number of fused-ring (bicyclic) bond motifs is 1. The Bertz CT molecular complexity index is 975. The molecule has 0 N–H and O–H groups in total. The van der Waals surface area contributed by atoms with Gasteiger partial charge in [0.2, 0.25) is 0 Å². The minimum Gasteiger partial charge on any atom is -0.337 e. The van der Waals surface area contributed by atoms with Crippen LogP contribution in [0, 0.1) is 0 Å². The fourth-order valence-electron chi connectivity index (χ4n) is 3.63. The largest absolute Gasteiger partial charge is 0.337 e. The van der Waals surface area contributed by atoms with Gasteiger partial charge in [0.25, 0.3) is 11.5 Å². The number of imidazole rings is 1. The van der Waals surface area contributed by atoms with Crippen molar-refractivity contribution in [1.29, 1.82) is 0 Å². The summed E-state index contributed by atoms with van der Waals surface area (Å²) in [5.41, 5.74) is 1.11. The number of amides is 1. The molecule has 6 heteroatoms. The van der Waals surface area contributed by atoms with Gasteiger partial charge < -0.3 is 14.0 Å². The number of pyridine rings is 1. The van der Waals surface area contributed by atoms with E-state index in [1.165, 1.54) is 6.07 Å². The van der Waals surface area contributed by atoms with Gasteiger partial charge in [-0.2, -0.15) is 0 Å². The normalized spacial score (nSPS) is 17.8. The van der Waals surface area contributed by atoms with Crippen molar-refractivity contribution < 1.29 is 4.79 Å². The lowest BCUT2D eigenvalue weighted by Gasteiger charge is -2.33. The van der Waals surface area contributed by atoms with E-state index in [9.17, 15) is 9.59 Å². The Balaban J connectivity index is 1.70. The summed E-state index contributed by atoms with van der Waals surface area (Å²) in [5, 5.41) is 0.819. The Morgan fingerprint density at radius 3 is 2.92 bits per heavy atom. The Labute approximate surface area is 145 Å². The molecule has 2 aromatic heterocycles. The number of hydrogen-bond donors (Lipinski definition) is 0. The van der Waals surface area contributed by atoms with Crippen LogP contribution in [0.1, 0.15) is 29.2 Å². The third-order valence-corrected chi connectivity index (χ3v) is 5.01. The summed E-state index contributed by atoms with van der Waals surface area (Å²) < 4.78 is 3.64.